The van der Waals surface area contributed by atoms with Crippen LogP contribution in [0, 0.1) is 29.2 Å². The number of benzene rings is 1. The smallest absolute Gasteiger partial charge is 0.300 e. The monoisotopic (exact) mass is 580 g/mol. The van der Waals surface area contributed by atoms with Gasteiger partial charge in [-0.25, -0.2) is 8.78 Å². The minimum atomic E-state index is -5.58. The third-order valence-electron chi connectivity index (χ3n) is 8.71. The Labute approximate surface area is 224 Å². The van der Waals surface area contributed by atoms with Crippen molar-refractivity contribution in [1.82, 2.24) is 0 Å². The lowest BCUT2D eigenvalue weighted by Gasteiger charge is -2.65. The molecule has 1 aromatic carbocycles. The van der Waals surface area contributed by atoms with Gasteiger partial charge in [-0.05, 0) is 63.7 Å². The summed E-state index contributed by atoms with van der Waals surface area (Å²) in [4.78, 5) is -2.10. The summed E-state index contributed by atoms with van der Waals surface area (Å²) in [6, 6.07) is 0. The number of hydrogen-bond acceptors (Lipinski definition) is 7. The van der Waals surface area contributed by atoms with Gasteiger partial charge in [0.25, 0.3) is 0 Å². The summed E-state index contributed by atoms with van der Waals surface area (Å²) in [5.41, 5.74) is -2.97. The molecule has 8 nitrogen and oxygen atoms in total. The fourth-order valence-electron chi connectivity index (χ4n) is 7.84. The van der Waals surface area contributed by atoms with Gasteiger partial charge < -0.3 is 23.7 Å². The molecule has 6 fully saturated rings. The largest absolute Gasteiger partial charge is 0.481 e. The van der Waals surface area contributed by atoms with Crippen molar-refractivity contribution in [3.8, 4) is 5.75 Å². The van der Waals surface area contributed by atoms with E-state index in [1.165, 1.54) is 0 Å². The number of rotatable bonds is 7. The molecule has 2 aliphatic heterocycles. The zero-order valence-electron chi connectivity index (χ0n) is 21.4. The molecule has 1 N–H and O–H groups in total. The molecule has 4 saturated carbocycles. The van der Waals surface area contributed by atoms with Crippen LogP contribution in [0.25, 0.3) is 0 Å². The molecule has 4 bridgehead atoms. The lowest BCUT2D eigenvalue weighted by Crippen LogP contribution is -2.70. The van der Waals surface area contributed by atoms with E-state index in [4.69, 9.17) is 28.2 Å². The summed E-state index contributed by atoms with van der Waals surface area (Å²) in [5.74, 6) is -9.97. The van der Waals surface area contributed by atoms with Gasteiger partial charge in [-0.2, -0.15) is 17.2 Å². The molecule has 0 aromatic heterocycles. The summed E-state index contributed by atoms with van der Waals surface area (Å²) in [5, 5.41) is 0. The average molecular weight is 581 g/mol. The van der Waals surface area contributed by atoms with Crippen molar-refractivity contribution in [2.24, 2.45) is 5.92 Å². The van der Waals surface area contributed by atoms with Gasteiger partial charge in [0.15, 0.2) is 34.9 Å². The zero-order chi connectivity index (χ0) is 27.6. The number of ether oxygens (including phenoxy) is 5. The Balaban J connectivity index is 1.37. The normalized spacial score (nSPS) is 38.2. The average Bonchev–Trinajstić information content (AvgIpc) is 2.84. The highest BCUT2D eigenvalue weighted by molar-refractivity contribution is 7.85. The molecule has 0 spiro atoms. The van der Waals surface area contributed by atoms with Crippen LogP contribution < -0.4 is 4.74 Å². The van der Waals surface area contributed by atoms with Crippen LogP contribution in [0.5, 0.6) is 5.75 Å². The Kier molecular flexibility index (Phi) is 6.95. The second-order valence-electron chi connectivity index (χ2n) is 11.9. The molecular weight excluding hydrogens is 548 g/mol. The third-order valence-corrected chi connectivity index (χ3v) is 9.59. The molecule has 0 amide bonds. The second kappa shape index (κ2) is 9.80. The Morgan fingerprint density at radius 3 is 1.62 bits per heavy atom. The minimum Gasteiger partial charge on any atom is -0.481 e. The van der Waals surface area contributed by atoms with E-state index in [0.717, 1.165) is 25.7 Å². The van der Waals surface area contributed by atoms with Crippen molar-refractivity contribution in [3.63, 3.8) is 0 Å². The van der Waals surface area contributed by atoms with Gasteiger partial charge in [0.1, 0.15) is 5.60 Å². The highest BCUT2D eigenvalue weighted by atomic mass is 32.2. The maximum Gasteiger partial charge on any atom is 0.300 e. The Morgan fingerprint density at radius 1 is 0.718 bits per heavy atom. The van der Waals surface area contributed by atoms with Gasteiger partial charge in [0.05, 0.1) is 11.2 Å². The van der Waals surface area contributed by atoms with E-state index in [0.29, 0.717) is 51.7 Å². The van der Waals surface area contributed by atoms with Gasteiger partial charge in [0.2, 0.25) is 11.6 Å². The quantitative estimate of drug-likeness (QED) is 0.268. The predicted octanol–water partition coefficient (Wildman–Crippen LogP) is 5.17. The second-order valence-corrected chi connectivity index (χ2v) is 13.2. The van der Waals surface area contributed by atoms with Crippen LogP contribution in [-0.4, -0.2) is 55.6 Å². The van der Waals surface area contributed by atoms with E-state index in [9.17, 15) is 17.2 Å². The molecule has 39 heavy (non-hydrogen) atoms. The molecule has 4 aliphatic carbocycles. The maximum absolute atomic E-state index is 15.1. The van der Waals surface area contributed by atoms with Gasteiger partial charge in [-0.1, -0.05) is 0 Å². The molecule has 1 aromatic rings. The Bertz CT molecular complexity index is 1170. The van der Waals surface area contributed by atoms with Gasteiger partial charge in [-0.15, -0.1) is 0 Å². The Morgan fingerprint density at radius 2 is 1.18 bits per heavy atom. The van der Waals surface area contributed by atoms with Gasteiger partial charge in [0, 0.05) is 32.5 Å². The first kappa shape index (κ1) is 27.6. The third kappa shape index (κ3) is 5.07. The molecule has 0 radical (unpaired) electrons. The maximum atomic E-state index is 15.1. The summed E-state index contributed by atoms with van der Waals surface area (Å²) >= 11 is 0. The van der Waals surface area contributed by atoms with Crippen molar-refractivity contribution >= 4 is 10.1 Å². The van der Waals surface area contributed by atoms with Crippen LogP contribution >= 0.6 is 0 Å². The van der Waals surface area contributed by atoms with E-state index in [2.05, 4.69) is 0 Å². The summed E-state index contributed by atoms with van der Waals surface area (Å²) in [7, 11) is -5.58. The van der Waals surface area contributed by atoms with E-state index in [-0.39, 0.29) is 18.8 Å². The highest BCUT2D eigenvalue weighted by Gasteiger charge is 2.67. The standard InChI is InChI=1S/C26H32F4O8S/c27-18-20(29)23(39(31,32)33)21(30)19(28)22(18)38-26-11-15-9-24(13-26,36-16-5-1-3-7-34-16)12-25(10-15,14-26)37-17-6-2-4-8-35-17/h15-17H,1-14H2,(H,31,32,33). The fourth-order valence-corrected chi connectivity index (χ4v) is 8.48. The first-order chi connectivity index (χ1) is 18.4. The van der Waals surface area contributed by atoms with Crippen LogP contribution in [0.1, 0.15) is 77.0 Å². The molecule has 4 atom stereocenters. The zero-order valence-corrected chi connectivity index (χ0v) is 22.2. The molecule has 13 heteroatoms. The van der Waals surface area contributed by atoms with E-state index >= 15 is 8.78 Å². The van der Waals surface area contributed by atoms with E-state index in [1.54, 1.807) is 0 Å². The highest BCUT2D eigenvalue weighted by Crippen LogP contribution is 2.64. The van der Waals surface area contributed by atoms with E-state index < -0.39 is 73.4 Å². The molecule has 218 valence electrons. The van der Waals surface area contributed by atoms with Crippen molar-refractivity contribution in [3.05, 3.63) is 23.3 Å². The summed E-state index contributed by atoms with van der Waals surface area (Å²) < 4.78 is 122. The molecule has 4 unspecified atom stereocenters. The van der Waals surface area contributed by atoms with E-state index in [1.807, 2.05) is 0 Å². The molecule has 6 aliphatic rings. The van der Waals surface area contributed by atoms with Crippen LogP contribution in [-0.2, 0) is 29.1 Å². The lowest BCUT2D eigenvalue weighted by molar-refractivity contribution is -0.339. The Hall–Kier alpha value is -1.51. The lowest BCUT2D eigenvalue weighted by atomic mass is 9.50. The first-order valence-electron chi connectivity index (χ1n) is 13.5. The van der Waals surface area contributed by atoms with Crippen LogP contribution in [0.2, 0.25) is 0 Å². The van der Waals surface area contributed by atoms with Crippen LogP contribution in [0.4, 0.5) is 17.6 Å². The summed E-state index contributed by atoms with van der Waals surface area (Å²) in [6.07, 6.45) is 6.61. The molecule has 2 heterocycles. The molecular formula is C26H32F4O8S. The predicted molar refractivity (Wildman–Crippen MR) is 125 cm³/mol. The topological polar surface area (TPSA) is 101 Å². The van der Waals surface area contributed by atoms with Crippen molar-refractivity contribution in [2.45, 2.75) is 111 Å². The first-order valence-corrected chi connectivity index (χ1v) is 15.0. The van der Waals surface area contributed by atoms with Crippen LogP contribution in [0.3, 0.4) is 0 Å². The number of halogens is 4. The molecule has 2 saturated heterocycles. The molecule has 7 rings (SSSR count). The number of hydrogen-bond donors (Lipinski definition) is 1. The van der Waals surface area contributed by atoms with Gasteiger partial charge >= 0.3 is 10.1 Å². The summed E-state index contributed by atoms with van der Waals surface area (Å²) in [6.45, 7) is 1.11. The van der Waals surface area contributed by atoms with Crippen molar-refractivity contribution in [1.29, 1.82) is 0 Å². The minimum absolute atomic E-state index is 0.0358. The van der Waals surface area contributed by atoms with Gasteiger partial charge in [-0.3, -0.25) is 4.55 Å². The van der Waals surface area contributed by atoms with Crippen molar-refractivity contribution in [2.75, 3.05) is 13.2 Å². The van der Waals surface area contributed by atoms with Crippen molar-refractivity contribution < 1.29 is 54.2 Å². The fraction of sp³-hybridized carbons (Fsp3) is 0.769. The van der Waals surface area contributed by atoms with Crippen LogP contribution in [0.15, 0.2) is 4.90 Å². The SMILES string of the molecule is O=S(=O)(O)c1c(F)c(F)c(OC23CC4CC(OC5CCCCO5)(C2)CC(OC2CCCCO2)(C4)C3)c(F)c1F.